The van der Waals surface area contributed by atoms with Crippen LogP contribution in [0.1, 0.15) is 26.2 Å². The summed E-state index contributed by atoms with van der Waals surface area (Å²) in [6.45, 7) is 2.06. The summed E-state index contributed by atoms with van der Waals surface area (Å²) in [5, 5.41) is 0. The second-order valence-corrected chi connectivity index (χ2v) is 2.42. The van der Waals surface area contributed by atoms with Gasteiger partial charge in [-0.15, -0.1) is 0 Å². The average Bonchev–Trinajstić information content (AvgIpc) is 1.77. The van der Waals surface area contributed by atoms with Crippen LogP contribution in [0.5, 0.6) is 0 Å². The van der Waals surface area contributed by atoms with Crippen molar-refractivity contribution in [1.29, 1.82) is 0 Å². The first-order chi connectivity index (χ1) is 3.79. The molecule has 0 amide bonds. The Morgan fingerprint density at radius 2 is 2.50 bits per heavy atom. The molecule has 1 aliphatic rings. The molecule has 1 atom stereocenters. The van der Waals surface area contributed by atoms with Crippen molar-refractivity contribution in [1.82, 2.24) is 0 Å². The number of allylic oxidation sites excluding steroid dienone is 2. The van der Waals surface area contributed by atoms with Crippen LogP contribution in [0.4, 0.5) is 4.39 Å². The van der Waals surface area contributed by atoms with Gasteiger partial charge in [0.25, 0.3) is 0 Å². The van der Waals surface area contributed by atoms with E-state index in [9.17, 15) is 4.39 Å². The van der Waals surface area contributed by atoms with E-state index in [0.29, 0.717) is 6.42 Å². The number of hydrogen-bond acceptors (Lipinski definition) is 0. The van der Waals surface area contributed by atoms with Crippen molar-refractivity contribution in [3.05, 3.63) is 11.6 Å². The van der Waals surface area contributed by atoms with Crippen molar-refractivity contribution in [3.8, 4) is 0 Å². The monoisotopic (exact) mass is 114 g/mol. The highest BCUT2D eigenvalue weighted by Crippen LogP contribution is 2.19. The second-order valence-electron chi connectivity index (χ2n) is 2.42. The normalized spacial score (nSPS) is 29.8. The Labute approximate surface area is 49.4 Å². The van der Waals surface area contributed by atoms with Gasteiger partial charge in [0.15, 0.2) is 0 Å². The Bertz CT molecular complexity index is 105. The van der Waals surface area contributed by atoms with Crippen molar-refractivity contribution in [2.24, 2.45) is 0 Å². The van der Waals surface area contributed by atoms with Gasteiger partial charge >= 0.3 is 0 Å². The molecule has 0 spiro atoms. The molecule has 46 valence electrons. The van der Waals surface area contributed by atoms with Gasteiger partial charge in [0.05, 0.1) is 0 Å². The van der Waals surface area contributed by atoms with Gasteiger partial charge in [-0.2, -0.15) is 0 Å². The first-order valence-corrected chi connectivity index (χ1v) is 3.09. The molecule has 1 heteroatoms. The van der Waals surface area contributed by atoms with Gasteiger partial charge in [-0.05, 0) is 26.2 Å². The minimum absolute atomic E-state index is 0.557. The van der Waals surface area contributed by atoms with E-state index >= 15 is 0 Å². The largest absolute Gasteiger partial charge is 0.247 e. The van der Waals surface area contributed by atoms with Gasteiger partial charge in [0, 0.05) is 0 Å². The molecule has 0 aliphatic heterocycles. The van der Waals surface area contributed by atoms with Gasteiger partial charge in [-0.1, -0.05) is 11.6 Å². The minimum atomic E-state index is -0.557. The molecule has 0 heterocycles. The fourth-order valence-corrected chi connectivity index (χ4v) is 0.933. The molecule has 0 aromatic heterocycles. The van der Waals surface area contributed by atoms with E-state index in [1.165, 1.54) is 5.57 Å². The van der Waals surface area contributed by atoms with Crippen LogP contribution in [0, 0.1) is 0 Å². The summed E-state index contributed by atoms with van der Waals surface area (Å²) in [5.74, 6) is 0. The Balaban J connectivity index is 2.42. The third-order valence-electron chi connectivity index (χ3n) is 1.57. The van der Waals surface area contributed by atoms with Crippen molar-refractivity contribution in [2.75, 3.05) is 0 Å². The molecule has 0 nitrogen and oxygen atoms in total. The minimum Gasteiger partial charge on any atom is -0.247 e. The highest BCUT2D eigenvalue weighted by molar-refractivity contribution is 5.02. The molecular weight excluding hydrogens is 103 g/mol. The van der Waals surface area contributed by atoms with Crippen LogP contribution in [0.3, 0.4) is 0 Å². The molecule has 1 unspecified atom stereocenters. The third-order valence-corrected chi connectivity index (χ3v) is 1.57. The van der Waals surface area contributed by atoms with Crippen molar-refractivity contribution in [2.45, 2.75) is 32.4 Å². The van der Waals surface area contributed by atoms with E-state index in [-0.39, 0.29) is 0 Å². The zero-order valence-electron chi connectivity index (χ0n) is 5.15. The fourth-order valence-electron chi connectivity index (χ4n) is 0.933. The standard InChI is InChI=1S/C7H11F/c1-6-2-4-7(8)5-3-6/h2,7H,3-5H2,1H3. The van der Waals surface area contributed by atoms with Crippen LogP contribution < -0.4 is 0 Å². The number of rotatable bonds is 0. The zero-order valence-corrected chi connectivity index (χ0v) is 5.15. The van der Waals surface area contributed by atoms with Crippen molar-refractivity contribution in [3.63, 3.8) is 0 Å². The van der Waals surface area contributed by atoms with Crippen LogP contribution in [0.2, 0.25) is 0 Å². The highest BCUT2D eigenvalue weighted by atomic mass is 19.1. The molecule has 1 rings (SSSR count). The molecule has 0 fully saturated rings. The van der Waals surface area contributed by atoms with E-state index in [0.717, 1.165) is 12.8 Å². The Hall–Kier alpha value is -0.330. The average molecular weight is 114 g/mol. The van der Waals surface area contributed by atoms with Crippen LogP contribution in [-0.4, -0.2) is 6.17 Å². The van der Waals surface area contributed by atoms with Gasteiger partial charge in [-0.3, -0.25) is 0 Å². The molecule has 0 aromatic rings. The molecule has 0 bridgehead atoms. The highest BCUT2D eigenvalue weighted by Gasteiger charge is 2.08. The predicted molar refractivity (Wildman–Crippen MR) is 32.5 cm³/mol. The van der Waals surface area contributed by atoms with Gasteiger partial charge in [-0.25, -0.2) is 4.39 Å². The van der Waals surface area contributed by atoms with E-state index in [2.05, 4.69) is 6.92 Å². The Kier molecular flexibility index (Phi) is 1.66. The molecule has 1 aliphatic carbocycles. The number of alkyl halides is 1. The first-order valence-electron chi connectivity index (χ1n) is 3.09. The molecule has 0 saturated heterocycles. The maximum absolute atomic E-state index is 12.3. The van der Waals surface area contributed by atoms with E-state index in [4.69, 9.17) is 0 Å². The third kappa shape index (κ3) is 1.32. The number of hydrogen-bond donors (Lipinski definition) is 0. The maximum Gasteiger partial charge on any atom is 0.104 e. The summed E-state index contributed by atoms with van der Waals surface area (Å²) in [4.78, 5) is 0. The molecule has 8 heavy (non-hydrogen) atoms. The maximum atomic E-state index is 12.3. The Morgan fingerprint density at radius 3 is 2.88 bits per heavy atom. The summed E-state index contributed by atoms with van der Waals surface area (Å²) in [6, 6.07) is 0. The van der Waals surface area contributed by atoms with Gasteiger partial charge in [0.2, 0.25) is 0 Å². The summed E-state index contributed by atoms with van der Waals surface area (Å²) in [5.41, 5.74) is 1.35. The quantitative estimate of drug-likeness (QED) is 0.424. The summed E-state index contributed by atoms with van der Waals surface area (Å²) < 4.78 is 12.3. The van der Waals surface area contributed by atoms with Crippen LogP contribution >= 0.6 is 0 Å². The number of halogens is 1. The lowest BCUT2D eigenvalue weighted by atomic mass is 10.00. The zero-order chi connectivity index (χ0) is 5.98. The summed E-state index contributed by atoms with van der Waals surface area (Å²) in [6.07, 6.45) is 3.78. The van der Waals surface area contributed by atoms with E-state index in [1.807, 2.05) is 6.08 Å². The second kappa shape index (κ2) is 2.29. The fraction of sp³-hybridized carbons (Fsp3) is 0.714. The molecular formula is C7H11F. The summed E-state index contributed by atoms with van der Waals surface area (Å²) >= 11 is 0. The van der Waals surface area contributed by atoms with Crippen LogP contribution in [0.25, 0.3) is 0 Å². The lowest BCUT2D eigenvalue weighted by molar-refractivity contribution is 0.307. The SMILES string of the molecule is CC1=CCC(F)CC1. The molecule has 0 saturated carbocycles. The molecule has 0 N–H and O–H groups in total. The summed E-state index contributed by atoms with van der Waals surface area (Å²) in [7, 11) is 0. The molecule has 0 aromatic carbocycles. The molecule has 0 radical (unpaired) electrons. The van der Waals surface area contributed by atoms with Gasteiger partial charge in [0.1, 0.15) is 6.17 Å². The van der Waals surface area contributed by atoms with Gasteiger partial charge < -0.3 is 0 Å². The van der Waals surface area contributed by atoms with Crippen molar-refractivity contribution >= 4 is 0 Å². The lowest BCUT2D eigenvalue weighted by Gasteiger charge is -2.11. The predicted octanol–water partition coefficient (Wildman–Crippen LogP) is 2.45. The smallest absolute Gasteiger partial charge is 0.104 e. The van der Waals surface area contributed by atoms with Crippen molar-refractivity contribution < 1.29 is 4.39 Å². The van der Waals surface area contributed by atoms with Crippen LogP contribution in [-0.2, 0) is 0 Å². The lowest BCUT2D eigenvalue weighted by Crippen LogP contribution is -2.03. The van der Waals surface area contributed by atoms with Crippen LogP contribution in [0.15, 0.2) is 11.6 Å². The first kappa shape index (κ1) is 5.80. The van der Waals surface area contributed by atoms with E-state index < -0.39 is 6.17 Å². The Morgan fingerprint density at radius 1 is 1.75 bits per heavy atom. The topological polar surface area (TPSA) is 0 Å². The van der Waals surface area contributed by atoms with E-state index in [1.54, 1.807) is 0 Å².